The SMILES string of the molecule is O=C(c1cc(NCc2ccc3ncccc3c2)ccn1)N1CCCCC1. The van der Waals surface area contributed by atoms with E-state index in [2.05, 4.69) is 33.5 Å². The summed E-state index contributed by atoms with van der Waals surface area (Å²) in [7, 11) is 0. The summed E-state index contributed by atoms with van der Waals surface area (Å²) in [5.41, 5.74) is 3.59. The second-order valence-electron chi connectivity index (χ2n) is 6.67. The van der Waals surface area contributed by atoms with Crippen molar-refractivity contribution in [3.63, 3.8) is 0 Å². The van der Waals surface area contributed by atoms with Crippen LogP contribution < -0.4 is 5.32 Å². The summed E-state index contributed by atoms with van der Waals surface area (Å²) < 4.78 is 0. The molecule has 4 rings (SSSR count). The largest absolute Gasteiger partial charge is 0.381 e. The fourth-order valence-corrected chi connectivity index (χ4v) is 3.36. The van der Waals surface area contributed by atoms with Crippen LogP contribution in [0.25, 0.3) is 10.9 Å². The number of carbonyl (C=O) groups excluding carboxylic acids is 1. The molecule has 26 heavy (non-hydrogen) atoms. The van der Waals surface area contributed by atoms with Crippen molar-refractivity contribution in [2.24, 2.45) is 0 Å². The van der Waals surface area contributed by atoms with Gasteiger partial charge in [-0.2, -0.15) is 0 Å². The Kier molecular flexibility index (Phi) is 4.78. The molecule has 5 heteroatoms. The van der Waals surface area contributed by atoms with Crippen LogP contribution in [0.2, 0.25) is 0 Å². The highest BCUT2D eigenvalue weighted by atomic mass is 16.2. The van der Waals surface area contributed by atoms with Crippen molar-refractivity contribution in [1.82, 2.24) is 14.9 Å². The highest BCUT2D eigenvalue weighted by molar-refractivity contribution is 5.93. The average Bonchev–Trinajstić information content (AvgIpc) is 2.72. The molecule has 3 heterocycles. The van der Waals surface area contributed by atoms with Gasteiger partial charge >= 0.3 is 0 Å². The van der Waals surface area contributed by atoms with Crippen LogP contribution in [0.4, 0.5) is 5.69 Å². The molecule has 2 aromatic heterocycles. The minimum atomic E-state index is 0.0325. The molecular formula is C21H22N4O. The minimum absolute atomic E-state index is 0.0325. The third kappa shape index (κ3) is 3.67. The van der Waals surface area contributed by atoms with E-state index in [1.165, 1.54) is 12.0 Å². The van der Waals surface area contributed by atoms with Crippen LogP contribution in [0.15, 0.2) is 54.9 Å². The number of hydrogen-bond acceptors (Lipinski definition) is 4. The van der Waals surface area contributed by atoms with E-state index < -0.39 is 0 Å². The molecule has 1 amide bonds. The maximum atomic E-state index is 12.6. The average molecular weight is 346 g/mol. The molecule has 1 saturated heterocycles. The third-order valence-electron chi connectivity index (χ3n) is 4.79. The molecule has 0 unspecified atom stereocenters. The second-order valence-corrected chi connectivity index (χ2v) is 6.67. The number of nitrogens with zero attached hydrogens (tertiary/aromatic N) is 3. The van der Waals surface area contributed by atoms with E-state index in [1.807, 2.05) is 29.2 Å². The van der Waals surface area contributed by atoms with Crippen molar-refractivity contribution in [3.8, 4) is 0 Å². The van der Waals surface area contributed by atoms with E-state index in [-0.39, 0.29) is 5.91 Å². The Balaban J connectivity index is 1.45. The Bertz CT molecular complexity index is 919. The molecule has 1 N–H and O–H groups in total. The quantitative estimate of drug-likeness (QED) is 0.779. The fourth-order valence-electron chi connectivity index (χ4n) is 3.36. The molecule has 0 saturated carbocycles. The smallest absolute Gasteiger partial charge is 0.272 e. The molecule has 0 atom stereocenters. The molecule has 5 nitrogen and oxygen atoms in total. The van der Waals surface area contributed by atoms with Crippen molar-refractivity contribution in [2.75, 3.05) is 18.4 Å². The van der Waals surface area contributed by atoms with Crippen LogP contribution >= 0.6 is 0 Å². The van der Waals surface area contributed by atoms with Gasteiger partial charge in [-0.25, -0.2) is 0 Å². The molecule has 3 aromatic rings. The van der Waals surface area contributed by atoms with Crippen LogP contribution in [-0.2, 0) is 6.54 Å². The number of likely N-dealkylation sites (tertiary alicyclic amines) is 1. The van der Waals surface area contributed by atoms with Gasteiger partial charge in [0.25, 0.3) is 5.91 Å². The maximum absolute atomic E-state index is 12.6. The normalized spacial score (nSPS) is 14.4. The Hall–Kier alpha value is -2.95. The van der Waals surface area contributed by atoms with Gasteiger partial charge in [-0.1, -0.05) is 12.1 Å². The summed E-state index contributed by atoms with van der Waals surface area (Å²) >= 11 is 0. The first-order valence-electron chi connectivity index (χ1n) is 9.12. The number of hydrogen-bond donors (Lipinski definition) is 1. The first kappa shape index (κ1) is 16.5. The van der Waals surface area contributed by atoms with Gasteiger partial charge in [0.2, 0.25) is 0 Å². The van der Waals surface area contributed by atoms with Gasteiger partial charge in [-0.15, -0.1) is 0 Å². The molecule has 1 aliphatic heterocycles. The lowest BCUT2D eigenvalue weighted by molar-refractivity contribution is 0.0718. The summed E-state index contributed by atoms with van der Waals surface area (Å²) in [5, 5.41) is 4.52. The number of carbonyl (C=O) groups is 1. The highest BCUT2D eigenvalue weighted by Crippen LogP contribution is 2.17. The molecule has 1 fully saturated rings. The first-order chi connectivity index (χ1) is 12.8. The van der Waals surface area contributed by atoms with Crippen molar-refractivity contribution in [2.45, 2.75) is 25.8 Å². The number of nitrogens with one attached hydrogen (secondary N) is 1. The molecule has 0 bridgehead atoms. The predicted molar refractivity (Wildman–Crippen MR) is 103 cm³/mol. The Labute approximate surface area is 153 Å². The van der Waals surface area contributed by atoms with Crippen molar-refractivity contribution >= 4 is 22.5 Å². The zero-order valence-electron chi connectivity index (χ0n) is 14.7. The zero-order valence-corrected chi connectivity index (χ0v) is 14.7. The Morgan fingerprint density at radius 1 is 1.00 bits per heavy atom. The summed E-state index contributed by atoms with van der Waals surface area (Å²) in [6, 6.07) is 14.0. The van der Waals surface area contributed by atoms with E-state index in [9.17, 15) is 4.79 Å². The first-order valence-corrected chi connectivity index (χ1v) is 9.12. The summed E-state index contributed by atoms with van der Waals surface area (Å²) in [6.45, 7) is 2.36. The number of anilines is 1. The number of aromatic nitrogens is 2. The summed E-state index contributed by atoms with van der Waals surface area (Å²) in [4.78, 5) is 23.1. The van der Waals surface area contributed by atoms with Crippen LogP contribution in [0, 0.1) is 0 Å². The van der Waals surface area contributed by atoms with Crippen LogP contribution in [0.1, 0.15) is 35.3 Å². The minimum Gasteiger partial charge on any atom is -0.381 e. The topological polar surface area (TPSA) is 58.1 Å². The van der Waals surface area contributed by atoms with Crippen LogP contribution in [-0.4, -0.2) is 33.9 Å². The summed E-state index contributed by atoms with van der Waals surface area (Å²) in [5.74, 6) is 0.0325. The van der Waals surface area contributed by atoms with Crippen molar-refractivity contribution in [1.29, 1.82) is 0 Å². The fraction of sp³-hybridized carbons (Fsp3) is 0.286. The molecule has 0 radical (unpaired) electrons. The third-order valence-corrected chi connectivity index (χ3v) is 4.79. The van der Waals surface area contributed by atoms with Gasteiger partial charge in [0, 0.05) is 43.1 Å². The Morgan fingerprint density at radius 3 is 2.77 bits per heavy atom. The van der Waals surface area contributed by atoms with Gasteiger partial charge < -0.3 is 10.2 Å². The number of benzene rings is 1. The molecule has 132 valence electrons. The lowest BCUT2D eigenvalue weighted by atomic mass is 10.1. The van der Waals surface area contributed by atoms with E-state index in [0.717, 1.165) is 42.5 Å². The number of fused-ring (bicyclic) bond motifs is 1. The molecule has 0 aliphatic carbocycles. The zero-order chi connectivity index (χ0) is 17.8. The van der Waals surface area contributed by atoms with Gasteiger partial charge in [0.05, 0.1) is 5.52 Å². The molecule has 1 aliphatic rings. The number of rotatable bonds is 4. The standard InChI is InChI=1S/C21H22N4O/c26-21(25-11-2-1-3-12-25)20-14-18(8-10-23-20)24-15-16-6-7-19-17(13-16)5-4-9-22-19/h4-10,13-14H,1-3,11-12,15H2,(H,23,24). The van der Waals surface area contributed by atoms with Gasteiger partial charge in [0.15, 0.2) is 0 Å². The van der Waals surface area contributed by atoms with E-state index >= 15 is 0 Å². The summed E-state index contributed by atoms with van der Waals surface area (Å²) in [6.07, 6.45) is 6.88. The van der Waals surface area contributed by atoms with Gasteiger partial charge in [-0.05, 0) is 55.2 Å². The van der Waals surface area contributed by atoms with Crippen molar-refractivity contribution in [3.05, 3.63) is 66.1 Å². The van der Waals surface area contributed by atoms with E-state index in [1.54, 1.807) is 12.4 Å². The predicted octanol–water partition coefficient (Wildman–Crippen LogP) is 3.87. The second kappa shape index (κ2) is 7.52. The number of piperidine rings is 1. The van der Waals surface area contributed by atoms with Crippen LogP contribution in [0.5, 0.6) is 0 Å². The van der Waals surface area contributed by atoms with Gasteiger partial charge in [0.1, 0.15) is 5.69 Å². The van der Waals surface area contributed by atoms with E-state index in [0.29, 0.717) is 12.2 Å². The maximum Gasteiger partial charge on any atom is 0.272 e. The Morgan fingerprint density at radius 2 is 1.88 bits per heavy atom. The van der Waals surface area contributed by atoms with Gasteiger partial charge in [-0.3, -0.25) is 14.8 Å². The lowest BCUT2D eigenvalue weighted by Crippen LogP contribution is -2.36. The number of amides is 1. The monoisotopic (exact) mass is 346 g/mol. The lowest BCUT2D eigenvalue weighted by Gasteiger charge is -2.26. The van der Waals surface area contributed by atoms with Crippen molar-refractivity contribution < 1.29 is 4.79 Å². The number of pyridine rings is 2. The highest BCUT2D eigenvalue weighted by Gasteiger charge is 2.19. The van der Waals surface area contributed by atoms with Crippen LogP contribution in [0.3, 0.4) is 0 Å². The molecule has 1 aromatic carbocycles. The molecule has 0 spiro atoms. The molecular weight excluding hydrogens is 324 g/mol. The van der Waals surface area contributed by atoms with E-state index in [4.69, 9.17) is 0 Å².